The molecule has 0 spiro atoms. The molecule has 0 saturated heterocycles. The van der Waals surface area contributed by atoms with Gasteiger partial charge in [0, 0.05) is 17.5 Å². The molecule has 0 aliphatic carbocycles. The highest BCUT2D eigenvalue weighted by molar-refractivity contribution is 7.99. The topological polar surface area (TPSA) is 81.9 Å². The second kappa shape index (κ2) is 11.0. The van der Waals surface area contributed by atoms with Gasteiger partial charge in [-0.25, -0.2) is 4.98 Å². The summed E-state index contributed by atoms with van der Waals surface area (Å²) in [5.74, 6) is 1.66. The summed E-state index contributed by atoms with van der Waals surface area (Å²) >= 11 is 2.77. The number of thioether (sulfide) groups is 1. The van der Waals surface area contributed by atoms with Crippen LogP contribution >= 0.6 is 23.1 Å². The predicted octanol–water partition coefficient (Wildman–Crippen LogP) is 5.96. The molecule has 7 nitrogen and oxygen atoms in total. The molecule has 182 valence electrons. The molecule has 0 aliphatic heterocycles. The number of nitrogens with one attached hydrogen (secondary N) is 1. The highest BCUT2D eigenvalue weighted by Crippen LogP contribution is 2.27. The number of benzene rings is 2. The van der Waals surface area contributed by atoms with Crippen molar-refractivity contribution in [2.24, 2.45) is 0 Å². The van der Waals surface area contributed by atoms with Crippen LogP contribution in [0.25, 0.3) is 11.3 Å². The van der Waals surface area contributed by atoms with Gasteiger partial charge in [-0.3, -0.25) is 4.79 Å². The summed E-state index contributed by atoms with van der Waals surface area (Å²) in [5.41, 5.74) is 6.67. The van der Waals surface area contributed by atoms with Gasteiger partial charge in [-0.1, -0.05) is 36.0 Å². The molecule has 4 rings (SSSR count). The van der Waals surface area contributed by atoms with Gasteiger partial charge in [-0.2, -0.15) is 0 Å². The number of hydrogen-bond acceptors (Lipinski definition) is 7. The van der Waals surface area contributed by atoms with Crippen LogP contribution in [0.3, 0.4) is 0 Å². The highest BCUT2D eigenvalue weighted by atomic mass is 32.2. The molecule has 35 heavy (non-hydrogen) atoms. The fourth-order valence-corrected chi connectivity index (χ4v) is 5.08. The van der Waals surface area contributed by atoms with Crippen molar-refractivity contribution in [1.29, 1.82) is 0 Å². The quantitative estimate of drug-likeness (QED) is 0.281. The van der Waals surface area contributed by atoms with Crippen LogP contribution in [0, 0.1) is 27.7 Å². The van der Waals surface area contributed by atoms with Crippen molar-refractivity contribution in [2.45, 2.75) is 52.9 Å². The fourth-order valence-electron chi connectivity index (χ4n) is 3.52. The predicted molar refractivity (Wildman–Crippen MR) is 142 cm³/mol. The summed E-state index contributed by atoms with van der Waals surface area (Å²) in [4.78, 5) is 17.1. The number of carbonyl (C=O) groups is 1. The molecular weight excluding hydrogens is 478 g/mol. The molecule has 1 amide bonds. The summed E-state index contributed by atoms with van der Waals surface area (Å²) in [7, 11) is 0. The number of ether oxygens (including phenoxy) is 1. The number of thiazole rings is 1. The number of hydrogen-bond donors (Lipinski definition) is 1. The minimum atomic E-state index is -0.130. The average molecular weight is 508 g/mol. The first kappa shape index (κ1) is 24.9. The largest absolute Gasteiger partial charge is 0.485 e. The van der Waals surface area contributed by atoms with E-state index < -0.39 is 0 Å². The van der Waals surface area contributed by atoms with E-state index in [1.807, 2.05) is 35.9 Å². The van der Waals surface area contributed by atoms with E-state index in [-0.39, 0.29) is 11.7 Å². The van der Waals surface area contributed by atoms with E-state index >= 15 is 0 Å². The van der Waals surface area contributed by atoms with Gasteiger partial charge in [0.15, 0.2) is 16.1 Å². The molecule has 0 radical (unpaired) electrons. The molecule has 9 heteroatoms. The van der Waals surface area contributed by atoms with E-state index in [9.17, 15) is 4.79 Å². The third-order valence-corrected chi connectivity index (χ3v) is 7.63. The summed E-state index contributed by atoms with van der Waals surface area (Å²) in [6.07, 6.45) is 0. The van der Waals surface area contributed by atoms with Gasteiger partial charge < -0.3 is 14.6 Å². The van der Waals surface area contributed by atoms with Gasteiger partial charge in [0.05, 0.1) is 11.4 Å². The number of nitrogens with zero attached hydrogens (tertiary/aromatic N) is 4. The lowest BCUT2D eigenvalue weighted by molar-refractivity contribution is -0.113. The maximum absolute atomic E-state index is 12.6. The van der Waals surface area contributed by atoms with Crippen LogP contribution < -0.4 is 10.1 Å². The van der Waals surface area contributed by atoms with E-state index in [1.54, 1.807) is 0 Å². The smallest absolute Gasteiger partial charge is 0.236 e. The van der Waals surface area contributed by atoms with Gasteiger partial charge in [-0.05, 0) is 69.0 Å². The van der Waals surface area contributed by atoms with Crippen molar-refractivity contribution in [3.05, 3.63) is 69.9 Å². The van der Waals surface area contributed by atoms with Gasteiger partial charge >= 0.3 is 0 Å². The minimum absolute atomic E-state index is 0.130. The van der Waals surface area contributed by atoms with Gasteiger partial charge in [0.25, 0.3) is 0 Å². The Morgan fingerprint density at radius 3 is 2.69 bits per heavy atom. The summed E-state index contributed by atoms with van der Waals surface area (Å²) in [6.45, 7) is 11.3. The van der Waals surface area contributed by atoms with Crippen molar-refractivity contribution in [3.63, 3.8) is 0 Å². The van der Waals surface area contributed by atoms with Crippen molar-refractivity contribution in [3.8, 4) is 17.0 Å². The summed E-state index contributed by atoms with van der Waals surface area (Å²) < 4.78 is 7.97. The van der Waals surface area contributed by atoms with Crippen LogP contribution in [0.1, 0.15) is 35.0 Å². The molecule has 0 bridgehead atoms. The minimum Gasteiger partial charge on any atom is -0.485 e. The Morgan fingerprint density at radius 2 is 1.91 bits per heavy atom. The Morgan fingerprint density at radius 1 is 1.09 bits per heavy atom. The number of aryl methyl sites for hydroxylation is 3. The van der Waals surface area contributed by atoms with Crippen LogP contribution in [-0.2, 0) is 17.9 Å². The number of rotatable bonds is 9. The summed E-state index contributed by atoms with van der Waals surface area (Å²) in [5, 5.41) is 14.7. The van der Waals surface area contributed by atoms with E-state index in [4.69, 9.17) is 4.74 Å². The number of carbonyl (C=O) groups excluding carboxylic acids is 1. The zero-order chi connectivity index (χ0) is 24.9. The second-order valence-corrected chi connectivity index (χ2v) is 10.1. The SMILES string of the molecule is CCn1c(COc2cccc(C)c2C)nnc1SCC(=O)Nc1nc(-c2ccc(C)c(C)c2)cs1. The fraction of sp³-hybridized carbons (Fsp3) is 0.308. The lowest BCUT2D eigenvalue weighted by atomic mass is 10.1. The first-order chi connectivity index (χ1) is 16.9. The molecule has 2 aromatic heterocycles. The van der Waals surface area contributed by atoms with Crippen molar-refractivity contribution in [2.75, 3.05) is 11.1 Å². The lowest BCUT2D eigenvalue weighted by Crippen LogP contribution is -2.14. The molecular formula is C26H29N5O2S2. The second-order valence-electron chi connectivity index (χ2n) is 8.30. The zero-order valence-corrected chi connectivity index (χ0v) is 22.2. The summed E-state index contributed by atoms with van der Waals surface area (Å²) in [6, 6.07) is 12.3. The van der Waals surface area contributed by atoms with Gasteiger partial charge in [-0.15, -0.1) is 21.5 Å². The Labute approximate surface area is 214 Å². The van der Waals surface area contributed by atoms with Crippen LogP contribution in [0.4, 0.5) is 5.13 Å². The van der Waals surface area contributed by atoms with E-state index in [1.165, 1.54) is 39.8 Å². The standard InChI is InChI=1S/C26H29N5O2S2/c1-6-31-23(13-33-22-9-7-8-17(3)19(22)5)29-30-26(31)35-15-24(32)28-25-27-21(14-34-25)20-11-10-16(2)18(4)12-20/h7-12,14H,6,13,15H2,1-5H3,(H,27,28,32). The van der Waals surface area contributed by atoms with Crippen LogP contribution in [-0.4, -0.2) is 31.4 Å². The molecule has 0 atom stereocenters. The Kier molecular flexibility index (Phi) is 7.87. The average Bonchev–Trinajstić information content (AvgIpc) is 3.47. The molecule has 0 saturated carbocycles. The first-order valence-electron chi connectivity index (χ1n) is 11.4. The molecule has 0 aliphatic rings. The third kappa shape index (κ3) is 5.91. The molecule has 2 heterocycles. The monoisotopic (exact) mass is 507 g/mol. The first-order valence-corrected chi connectivity index (χ1v) is 13.3. The Bertz CT molecular complexity index is 1350. The number of amides is 1. The van der Waals surface area contributed by atoms with Crippen molar-refractivity contribution < 1.29 is 9.53 Å². The van der Waals surface area contributed by atoms with E-state index in [0.717, 1.165) is 28.4 Å². The number of aromatic nitrogens is 4. The van der Waals surface area contributed by atoms with Gasteiger partial charge in [0.2, 0.25) is 5.91 Å². The maximum atomic E-state index is 12.6. The van der Waals surface area contributed by atoms with Crippen LogP contribution in [0.2, 0.25) is 0 Å². The zero-order valence-electron chi connectivity index (χ0n) is 20.6. The van der Waals surface area contributed by atoms with E-state index in [2.05, 4.69) is 65.5 Å². The molecule has 4 aromatic rings. The lowest BCUT2D eigenvalue weighted by Gasteiger charge is -2.11. The molecule has 0 unspecified atom stereocenters. The molecule has 0 fully saturated rings. The van der Waals surface area contributed by atoms with Crippen molar-refractivity contribution >= 4 is 34.1 Å². The number of anilines is 1. The Hall–Kier alpha value is -3.17. The molecule has 2 aromatic carbocycles. The Balaban J connectivity index is 1.34. The van der Waals surface area contributed by atoms with Gasteiger partial charge in [0.1, 0.15) is 12.4 Å². The highest BCUT2D eigenvalue weighted by Gasteiger charge is 2.15. The third-order valence-electron chi connectivity index (χ3n) is 5.91. The van der Waals surface area contributed by atoms with Crippen LogP contribution in [0.15, 0.2) is 46.9 Å². The maximum Gasteiger partial charge on any atom is 0.236 e. The van der Waals surface area contributed by atoms with Crippen LogP contribution in [0.5, 0.6) is 5.75 Å². The molecule has 1 N–H and O–H groups in total. The normalized spacial score (nSPS) is 11.0. The van der Waals surface area contributed by atoms with E-state index in [0.29, 0.717) is 23.4 Å². The van der Waals surface area contributed by atoms with Crippen molar-refractivity contribution in [1.82, 2.24) is 19.7 Å².